The van der Waals surface area contributed by atoms with Crippen LogP contribution in [0.15, 0.2) is 24.3 Å². The first-order valence-corrected chi connectivity index (χ1v) is 7.61. The average Bonchev–Trinajstić information content (AvgIpc) is 2.37. The Balaban J connectivity index is 1.39. The van der Waals surface area contributed by atoms with E-state index >= 15 is 0 Å². The zero-order valence-corrected chi connectivity index (χ0v) is 11.5. The highest BCUT2D eigenvalue weighted by molar-refractivity contribution is 5.40. The first-order chi connectivity index (χ1) is 8.83. The van der Waals surface area contributed by atoms with E-state index in [1.54, 1.807) is 11.1 Å². The molecule has 0 spiro atoms. The summed E-state index contributed by atoms with van der Waals surface area (Å²) in [5, 5.41) is 3.71. The Morgan fingerprint density at radius 3 is 2.61 bits per heavy atom. The van der Waals surface area contributed by atoms with Crippen LogP contribution in [-0.2, 0) is 6.42 Å². The summed E-state index contributed by atoms with van der Waals surface area (Å²) in [7, 11) is 0. The molecule has 1 aromatic carbocycles. The normalized spacial score (nSPS) is 30.6. The van der Waals surface area contributed by atoms with Gasteiger partial charge in [0.05, 0.1) is 0 Å². The predicted octanol–water partition coefficient (Wildman–Crippen LogP) is 3.74. The van der Waals surface area contributed by atoms with Gasteiger partial charge in [-0.05, 0) is 48.8 Å². The molecule has 0 saturated heterocycles. The topological polar surface area (TPSA) is 12.0 Å². The van der Waals surface area contributed by atoms with E-state index in [-0.39, 0.29) is 0 Å². The summed E-state index contributed by atoms with van der Waals surface area (Å²) in [6.45, 7) is 4.82. The van der Waals surface area contributed by atoms with Crippen molar-refractivity contribution < 1.29 is 0 Å². The molecule has 3 rings (SSSR count). The summed E-state index contributed by atoms with van der Waals surface area (Å²) in [6, 6.07) is 8.90. The molecule has 1 nitrogen and oxygen atoms in total. The molecular weight excluding hydrogens is 218 g/mol. The molecule has 98 valence electrons. The fraction of sp³-hybridized carbons (Fsp3) is 0.647. The number of hydrogen-bond donors (Lipinski definition) is 1. The van der Waals surface area contributed by atoms with E-state index in [1.807, 2.05) is 0 Å². The highest BCUT2D eigenvalue weighted by atomic mass is 14.9. The molecule has 1 N–H and O–H groups in total. The molecule has 0 heterocycles. The minimum Gasteiger partial charge on any atom is -0.316 e. The first kappa shape index (κ1) is 12.2. The second-order valence-corrected chi connectivity index (χ2v) is 6.38. The molecule has 0 amide bonds. The van der Waals surface area contributed by atoms with E-state index in [0.717, 1.165) is 17.8 Å². The van der Waals surface area contributed by atoms with Gasteiger partial charge in [0.15, 0.2) is 0 Å². The van der Waals surface area contributed by atoms with Gasteiger partial charge >= 0.3 is 0 Å². The fourth-order valence-corrected chi connectivity index (χ4v) is 3.54. The average molecular weight is 243 g/mol. The van der Waals surface area contributed by atoms with Crippen molar-refractivity contribution in [2.75, 3.05) is 13.1 Å². The lowest BCUT2D eigenvalue weighted by atomic mass is 9.77. The molecule has 18 heavy (non-hydrogen) atoms. The van der Waals surface area contributed by atoms with Crippen LogP contribution in [0.5, 0.6) is 0 Å². The lowest BCUT2D eigenvalue weighted by molar-refractivity contribution is 0.279. The maximum atomic E-state index is 3.71. The largest absolute Gasteiger partial charge is 0.316 e. The van der Waals surface area contributed by atoms with Crippen LogP contribution in [0.1, 0.15) is 49.7 Å². The van der Waals surface area contributed by atoms with Crippen LogP contribution in [0.2, 0.25) is 0 Å². The Morgan fingerprint density at radius 1 is 1.06 bits per heavy atom. The lowest BCUT2D eigenvalue weighted by Crippen LogP contribution is -2.33. The monoisotopic (exact) mass is 243 g/mol. The Labute approximate surface area is 111 Å². The third-order valence-electron chi connectivity index (χ3n) is 4.92. The summed E-state index contributed by atoms with van der Waals surface area (Å²) < 4.78 is 0. The summed E-state index contributed by atoms with van der Waals surface area (Å²) in [5.41, 5.74) is 3.15. The summed E-state index contributed by atoms with van der Waals surface area (Å²) >= 11 is 0. The van der Waals surface area contributed by atoms with Gasteiger partial charge < -0.3 is 5.32 Å². The minimum absolute atomic E-state index is 0.781. The second kappa shape index (κ2) is 5.44. The van der Waals surface area contributed by atoms with Crippen molar-refractivity contribution in [3.05, 3.63) is 35.4 Å². The van der Waals surface area contributed by atoms with E-state index < -0.39 is 0 Å². The zero-order chi connectivity index (χ0) is 12.4. The van der Waals surface area contributed by atoms with Crippen molar-refractivity contribution in [3.63, 3.8) is 0 Å². The van der Waals surface area contributed by atoms with Gasteiger partial charge in [0.25, 0.3) is 0 Å². The number of nitrogens with one attached hydrogen (secondary N) is 1. The Hall–Kier alpha value is -0.820. The quantitative estimate of drug-likeness (QED) is 0.849. The zero-order valence-electron chi connectivity index (χ0n) is 11.5. The first-order valence-electron chi connectivity index (χ1n) is 7.61. The molecule has 0 bridgehead atoms. The molecule has 0 radical (unpaired) electrons. The van der Waals surface area contributed by atoms with Crippen molar-refractivity contribution in [3.8, 4) is 0 Å². The highest BCUT2D eigenvalue weighted by Gasteiger charge is 2.25. The van der Waals surface area contributed by atoms with E-state index in [0.29, 0.717) is 0 Å². The molecule has 2 aliphatic carbocycles. The second-order valence-electron chi connectivity index (χ2n) is 6.38. The van der Waals surface area contributed by atoms with Gasteiger partial charge in [-0.15, -0.1) is 0 Å². The molecule has 1 atom stereocenters. The van der Waals surface area contributed by atoms with Crippen molar-refractivity contribution >= 4 is 0 Å². The predicted molar refractivity (Wildman–Crippen MR) is 76.9 cm³/mol. The summed E-state index contributed by atoms with van der Waals surface area (Å²) in [4.78, 5) is 0. The molecular formula is C17H25N. The molecule has 0 aromatic heterocycles. The number of fused-ring (bicyclic) bond motifs is 1. The van der Waals surface area contributed by atoms with Crippen LogP contribution in [-0.4, -0.2) is 13.1 Å². The maximum absolute atomic E-state index is 3.71. The standard InChI is InChI=1S/C17H25N/c1-13-6-8-14(9-7-13)11-18-12-16-10-15-4-2-3-5-17(15)16/h2-5,13-14,16,18H,6-12H2,1H3. The SMILES string of the molecule is CC1CCC(CNCC2Cc3ccccc32)CC1. The van der Waals surface area contributed by atoms with E-state index in [1.165, 1.54) is 45.2 Å². The molecule has 1 fully saturated rings. The van der Waals surface area contributed by atoms with Crippen molar-refractivity contribution in [2.24, 2.45) is 11.8 Å². The van der Waals surface area contributed by atoms with E-state index in [2.05, 4.69) is 36.5 Å². The van der Waals surface area contributed by atoms with Gasteiger partial charge in [-0.25, -0.2) is 0 Å². The summed E-state index contributed by atoms with van der Waals surface area (Å²) in [5.74, 6) is 2.69. The third kappa shape index (κ3) is 2.61. The van der Waals surface area contributed by atoms with Gasteiger partial charge in [-0.2, -0.15) is 0 Å². The molecule has 1 unspecified atom stereocenters. The number of hydrogen-bond acceptors (Lipinski definition) is 1. The highest BCUT2D eigenvalue weighted by Crippen LogP contribution is 2.34. The van der Waals surface area contributed by atoms with Gasteiger partial charge in [0, 0.05) is 12.5 Å². The van der Waals surface area contributed by atoms with Gasteiger partial charge in [0.2, 0.25) is 0 Å². The lowest BCUT2D eigenvalue weighted by Gasteiger charge is -2.32. The van der Waals surface area contributed by atoms with Gasteiger partial charge in [-0.1, -0.05) is 44.0 Å². The summed E-state index contributed by atoms with van der Waals surface area (Å²) in [6.07, 6.45) is 7.05. The third-order valence-corrected chi connectivity index (χ3v) is 4.92. The van der Waals surface area contributed by atoms with Gasteiger partial charge in [0.1, 0.15) is 0 Å². The van der Waals surface area contributed by atoms with Crippen molar-refractivity contribution in [2.45, 2.75) is 44.9 Å². The maximum Gasteiger partial charge on any atom is 0.00235 e. The molecule has 1 saturated carbocycles. The van der Waals surface area contributed by atoms with Crippen molar-refractivity contribution in [1.29, 1.82) is 0 Å². The Bertz CT molecular complexity index is 390. The van der Waals surface area contributed by atoms with E-state index in [4.69, 9.17) is 0 Å². The Morgan fingerprint density at radius 2 is 1.83 bits per heavy atom. The van der Waals surface area contributed by atoms with Crippen LogP contribution in [0.4, 0.5) is 0 Å². The fourth-order valence-electron chi connectivity index (χ4n) is 3.54. The molecule has 1 heteroatoms. The molecule has 0 aliphatic heterocycles. The van der Waals surface area contributed by atoms with Crippen LogP contribution < -0.4 is 5.32 Å². The van der Waals surface area contributed by atoms with Crippen molar-refractivity contribution in [1.82, 2.24) is 5.32 Å². The minimum atomic E-state index is 0.781. The number of benzene rings is 1. The molecule has 1 aromatic rings. The van der Waals surface area contributed by atoms with Gasteiger partial charge in [-0.3, -0.25) is 0 Å². The molecule has 2 aliphatic rings. The van der Waals surface area contributed by atoms with Crippen LogP contribution in [0.25, 0.3) is 0 Å². The van der Waals surface area contributed by atoms with E-state index in [9.17, 15) is 0 Å². The smallest absolute Gasteiger partial charge is 0.00235 e. The Kier molecular flexibility index (Phi) is 3.69. The number of rotatable bonds is 4. The van der Waals surface area contributed by atoms with Crippen LogP contribution in [0.3, 0.4) is 0 Å². The van der Waals surface area contributed by atoms with Crippen LogP contribution in [0, 0.1) is 11.8 Å². The van der Waals surface area contributed by atoms with Crippen LogP contribution >= 0.6 is 0 Å².